The van der Waals surface area contributed by atoms with E-state index in [1.54, 1.807) is 6.20 Å². The summed E-state index contributed by atoms with van der Waals surface area (Å²) < 4.78 is 5.58. The van der Waals surface area contributed by atoms with E-state index in [0.29, 0.717) is 11.9 Å². The van der Waals surface area contributed by atoms with E-state index in [0.717, 1.165) is 18.6 Å². The third-order valence-corrected chi connectivity index (χ3v) is 3.65. The molecule has 2 heterocycles. The molecule has 2 N–H and O–H groups in total. The molecular formula is C13H13N5O3S. The van der Waals surface area contributed by atoms with Crippen LogP contribution in [0.1, 0.15) is 30.9 Å². The molecule has 0 unspecified atom stereocenters. The summed E-state index contributed by atoms with van der Waals surface area (Å²) in [6, 6.07) is 2.90. The van der Waals surface area contributed by atoms with Crippen LogP contribution in [0.25, 0.3) is 0 Å². The van der Waals surface area contributed by atoms with Gasteiger partial charge in [0.25, 0.3) is 5.69 Å². The number of pyridine rings is 1. The maximum Gasteiger partial charge on any atom is 0.301 e. The highest BCUT2D eigenvalue weighted by molar-refractivity contribution is 7.80. The third-order valence-electron chi connectivity index (χ3n) is 3.45. The van der Waals surface area contributed by atoms with Crippen LogP contribution in [-0.2, 0) is 0 Å². The number of hydrogen-bond donors (Lipinski definition) is 2. The van der Waals surface area contributed by atoms with Gasteiger partial charge in [-0.05, 0) is 25.1 Å². The lowest BCUT2D eigenvalue weighted by atomic mass is 9.84. The molecule has 0 atom stereocenters. The van der Waals surface area contributed by atoms with E-state index < -0.39 is 4.92 Å². The van der Waals surface area contributed by atoms with Crippen molar-refractivity contribution in [2.24, 2.45) is 0 Å². The van der Waals surface area contributed by atoms with Crippen LogP contribution in [0.2, 0.25) is 0 Å². The molecule has 1 saturated carbocycles. The Labute approximate surface area is 131 Å². The number of aromatic nitrogens is 2. The van der Waals surface area contributed by atoms with Gasteiger partial charge < -0.3 is 9.73 Å². The number of nitro groups is 1. The molecule has 0 radical (unpaired) electrons. The van der Waals surface area contributed by atoms with E-state index in [9.17, 15) is 10.1 Å². The summed E-state index contributed by atoms with van der Waals surface area (Å²) in [4.78, 5) is 18.3. The van der Waals surface area contributed by atoms with Crippen LogP contribution >= 0.6 is 12.2 Å². The fourth-order valence-corrected chi connectivity index (χ4v) is 2.26. The lowest BCUT2D eigenvalue weighted by molar-refractivity contribution is -0.384. The second-order valence-corrected chi connectivity index (χ2v) is 5.34. The van der Waals surface area contributed by atoms with Crippen LogP contribution < -0.4 is 10.6 Å². The first-order chi connectivity index (χ1) is 10.6. The Balaban J connectivity index is 1.61. The van der Waals surface area contributed by atoms with Gasteiger partial charge in [0.2, 0.25) is 0 Å². The van der Waals surface area contributed by atoms with Crippen molar-refractivity contribution in [1.29, 1.82) is 0 Å². The van der Waals surface area contributed by atoms with Crippen LogP contribution in [0, 0.1) is 10.1 Å². The lowest BCUT2D eigenvalue weighted by Gasteiger charge is -2.22. The van der Waals surface area contributed by atoms with Gasteiger partial charge in [-0.1, -0.05) is 6.42 Å². The van der Waals surface area contributed by atoms with Crippen molar-refractivity contribution in [3.63, 3.8) is 0 Å². The van der Waals surface area contributed by atoms with Gasteiger partial charge in [0, 0.05) is 18.2 Å². The molecule has 1 aliphatic carbocycles. The third kappa shape index (κ3) is 3.19. The van der Waals surface area contributed by atoms with E-state index in [1.807, 2.05) is 0 Å². The van der Waals surface area contributed by atoms with Crippen molar-refractivity contribution < 1.29 is 9.34 Å². The highest BCUT2D eigenvalue weighted by Gasteiger charge is 2.23. The zero-order valence-electron chi connectivity index (χ0n) is 11.5. The maximum absolute atomic E-state index is 10.7. The topological polar surface area (TPSA) is 106 Å². The van der Waals surface area contributed by atoms with E-state index in [-0.39, 0.29) is 16.6 Å². The monoisotopic (exact) mass is 319 g/mol. The molecule has 0 bridgehead atoms. The molecule has 114 valence electrons. The van der Waals surface area contributed by atoms with Crippen molar-refractivity contribution >= 4 is 34.9 Å². The van der Waals surface area contributed by atoms with E-state index in [1.165, 1.54) is 24.8 Å². The summed E-state index contributed by atoms with van der Waals surface area (Å²) in [5.74, 6) is 1.57. The minimum atomic E-state index is -0.498. The Morgan fingerprint density at radius 1 is 1.41 bits per heavy atom. The van der Waals surface area contributed by atoms with Crippen molar-refractivity contribution in [2.45, 2.75) is 25.2 Å². The molecule has 9 heteroatoms. The summed E-state index contributed by atoms with van der Waals surface area (Å²) in [6.07, 6.45) is 6.49. The first-order valence-electron chi connectivity index (χ1n) is 6.76. The number of nitrogens with zero attached hydrogens (tertiary/aromatic N) is 3. The van der Waals surface area contributed by atoms with Crippen LogP contribution in [-0.4, -0.2) is 20.0 Å². The molecule has 0 aliphatic heterocycles. The standard InChI is InChI=1S/C13H13N5O3S/c19-18(20)9-4-5-14-11(6-9)16-13(22)17-12-15-7-10(21-12)8-2-1-3-8/h4-8H,1-3H2,(H2,14,15,16,17,22). The zero-order valence-corrected chi connectivity index (χ0v) is 12.3. The molecule has 0 amide bonds. The number of thiocarbonyl (C=S) groups is 1. The van der Waals surface area contributed by atoms with Gasteiger partial charge >= 0.3 is 6.01 Å². The molecule has 8 nitrogen and oxygen atoms in total. The van der Waals surface area contributed by atoms with Gasteiger partial charge in [0.15, 0.2) is 5.11 Å². The molecule has 1 aliphatic rings. The Morgan fingerprint density at radius 2 is 2.23 bits per heavy atom. The predicted octanol–water partition coefficient (Wildman–Crippen LogP) is 3.05. The molecule has 3 rings (SSSR count). The maximum atomic E-state index is 10.7. The first kappa shape index (κ1) is 14.4. The van der Waals surface area contributed by atoms with Gasteiger partial charge in [-0.3, -0.25) is 15.4 Å². The van der Waals surface area contributed by atoms with E-state index in [2.05, 4.69) is 20.6 Å². The van der Waals surface area contributed by atoms with Gasteiger partial charge in [-0.25, -0.2) is 9.97 Å². The average Bonchev–Trinajstić information content (AvgIpc) is 2.84. The van der Waals surface area contributed by atoms with Crippen LogP contribution in [0.3, 0.4) is 0 Å². The van der Waals surface area contributed by atoms with E-state index >= 15 is 0 Å². The largest absolute Gasteiger partial charge is 0.428 e. The highest BCUT2D eigenvalue weighted by atomic mass is 32.1. The minimum absolute atomic E-state index is 0.0660. The Hall–Kier alpha value is -2.55. The summed E-state index contributed by atoms with van der Waals surface area (Å²) in [6.45, 7) is 0. The molecule has 22 heavy (non-hydrogen) atoms. The number of hydrogen-bond acceptors (Lipinski definition) is 6. The minimum Gasteiger partial charge on any atom is -0.428 e. The fraction of sp³-hybridized carbons (Fsp3) is 0.308. The second kappa shape index (κ2) is 6.06. The molecule has 2 aromatic heterocycles. The van der Waals surface area contributed by atoms with Gasteiger partial charge in [0.1, 0.15) is 11.6 Å². The molecule has 1 fully saturated rings. The molecule has 0 spiro atoms. The van der Waals surface area contributed by atoms with Crippen LogP contribution in [0.15, 0.2) is 28.9 Å². The zero-order chi connectivity index (χ0) is 15.5. The molecule has 0 saturated heterocycles. The van der Waals surface area contributed by atoms with Crippen LogP contribution in [0.4, 0.5) is 17.5 Å². The highest BCUT2D eigenvalue weighted by Crippen LogP contribution is 2.37. The number of nitrogens with one attached hydrogen (secondary N) is 2. The Kier molecular flexibility index (Phi) is 3.96. The van der Waals surface area contributed by atoms with Crippen molar-refractivity contribution in [3.05, 3.63) is 40.4 Å². The molecule has 0 aromatic carbocycles. The average molecular weight is 319 g/mol. The van der Waals surface area contributed by atoms with Crippen molar-refractivity contribution in [2.75, 3.05) is 10.6 Å². The second-order valence-electron chi connectivity index (χ2n) is 4.93. The van der Waals surface area contributed by atoms with Gasteiger partial charge in [-0.2, -0.15) is 0 Å². The van der Waals surface area contributed by atoms with Crippen molar-refractivity contribution in [1.82, 2.24) is 9.97 Å². The summed E-state index contributed by atoms with van der Waals surface area (Å²) >= 11 is 5.11. The van der Waals surface area contributed by atoms with Gasteiger partial charge in [-0.15, -0.1) is 0 Å². The lowest BCUT2D eigenvalue weighted by Crippen LogP contribution is -2.20. The van der Waals surface area contributed by atoms with Crippen molar-refractivity contribution in [3.8, 4) is 0 Å². The normalized spacial score (nSPS) is 14.2. The SMILES string of the molecule is O=[N+]([O-])c1ccnc(NC(=S)Nc2ncc(C3CCC3)o2)c1. The Morgan fingerprint density at radius 3 is 2.91 bits per heavy atom. The smallest absolute Gasteiger partial charge is 0.301 e. The Bertz CT molecular complexity index is 713. The molecule has 2 aromatic rings. The van der Waals surface area contributed by atoms with E-state index in [4.69, 9.17) is 16.6 Å². The molecular weight excluding hydrogens is 306 g/mol. The van der Waals surface area contributed by atoms with Gasteiger partial charge in [0.05, 0.1) is 17.2 Å². The predicted molar refractivity (Wildman–Crippen MR) is 83.8 cm³/mol. The number of oxazole rings is 1. The summed E-state index contributed by atoms with van der Waals surface area (Å²) in [7, 11) is 0. The first-order valence-corrected chi connectivity index (χ1v) is 7.17. The number of anilines is 2. The summed E-state index contributed by atoms with van der Waals surface area (Å²) in [5, 5.41) is 16.5. The number of rotatable bonds is 4. The van der Waals surface area contributed by atoms with Crippen LogP contribution in [0.5, 0.6) is 0 Å². The summed E-state index contributed by atoms with van der Waals surface area (Å²) in [5.41, 5.74) is -0.0660. The fourth-order valence-electron chi connectivity index (χ4n) is 2.07. The quantitative estimate of drug-likeness (QED) is 0.503.